The van der Waals surface area contributed by atoms with Crippen LogP contribution in [0.5, 0.6) is 0 Å². The zero-order chi connectivity index (χ0) is 50.7. The highest BCUT2D eigenvalue weighted by Gasteiger charge is 2.19. The lowest BCUT2D eigenvalue weighted by Crippen LogP contribution is -2.30. The summed E-state index contributed by atoms with van der Waals surface area (Å²) in [4.78, 5) is 38.1. The van der Waals surface area contributed by atoms with Gasteiger partial charge in [0.25, 0.3) is 0 Å². The van der Waals surface area contributed by atoms with Crippen LogP contribution in [-0.2, 0) is 28.6 Å². The average molecular weight is 982 g/mol. The number of carbonyl (C=O) groups is 3. The van der Waals surface area contributed by atoms with Crippen LogP contribution in [0.2, 0.25) is 0 Å². The molecule has 70 heavy (non-hydrogen) atoms. The molecule has 408 valence electrons. The molecule has 0 N–H and O–H groups in total. The largest absolute Gasteiger partial charge is 0.462 e. The molecule has 6 nitrogen and oxygen atoms in total. The second kappa shape index (κ2) is 58.9. The third kappa shape index (κ3) is 56.3. The molecule has 0 aliphatic carbocycles. The topological polar surface area (TPSA) is 78.9 Å². The predicted octanol–water partition coefficient (Wildman–Crippen LogP) is 20.6. The molecule has 0 aliphatic rings. The molecule has 0 heterocycles. The third-order valence-electron chi connectivity index (χ3n) is 13.6. The molecule has 0 rings (SSSR count). The number of rotatable bonds is 56. The summed E-state index contributed by atoms with van der Waals surface area (Å²) < 4.78 is 16.9. The van der Waals surface area contributed by atoms with Crippen molar-refractivity contribution in [1.29, 1.82) is 0 Å². The first-order valence-electron chi connectivity index (χ1n) is 30.6. The molecule has 0 aromatic heterocycles. The highest BCUT2D eigenvalue weighted by atomic mass is 16.6. The number of unbranched alkanes of at least 4 members (excludes halogenated alkanes) is 37. The van der Waals surface area contributed by atoms with E-state index in [1.54, 1.807) is 0 Å². The maximum absolute atomic E-state index is 12.9. The van der Waals surface area contributed by atoms with Gasteiger partial charge in [0.05, 0.1) is 0 Å². The van der Waals surface area contributed by atoms with Gasteiger partial charge in [-0.05, 0) is 83.5 Å². The summed E-state index contributed by atoms with van der Waals surface area (Å²) in [5, 5.41) is 0. The van der Waals surface area contributed by atoms with Crippen molar-refractivity contribution in [2.24, 2.45) is 0 Å². The third-order valence-corrected chi connectivity index (χ3v) is 13.6. The van der Waals surface area contributed by atoms with Gasteiger partial charge in [-0.1, -0.05) is 268 Å². The molecule has 0 spiro atoms. The SMILES string of the molecule is CCCCCCC/C=C\C/C=C\C/C=C\CCCCCCCCCCCCC(=O)OCC(COC(=O)CCCCCCCCCCCC)OC(=O)CCCCCCCCC/C=C\CCCCCCCC. The first-order valence-corrected chi connectivity index (χ1v) is 30.6. The first-order chi connectivity index (χ1) is 34.5. The van der Waals surface area contributed by atoms with Gasteiger partial charge >= 0.3 is 17.9 Å². The molecule has 1 atom stereocenters. The second-order valence-electron chi connectivity index (χ2n) is 20.6. The molecule has 0 amide bonds. The van der Waals surface area contributed by atoms with Gasteiger partial charge in [-0.25, -0.2) is 0 Å². The Morgan fingerprint density at radius 3 is 0.814 bits per heavy atom. The van der Waals surface area contributed by atoms with Crippen molar-refractivity contribution in [3.63, 3.8) is 0 Å². The molecule has 0 saturated heterocycles. The monoisotopic (exact) mass is 981 g/mol. The minimum Gasteiger partial charge on any atom is -0.462 e. The fourth-order valence-electron chi connectivity index (χ4n) is 8.92. The van der Waals surface area contributed by atoms with Crippen LogP contribution in [0.15, 0.2) is 48.6 Å². The van der Waals surface area contributed by atoms with Gasteiger partial charge in [0.1, 0.15) is 13.2 Å². The first kappa shape index (κ1) is 67.4. The molecule has 0 aromatic carbocycles. The normalized spacial score (nSPS) is 12.3. The second-order valence-corrected chi connectivity index (χ2v) is 20.6. The van der Waals surface area contributed by atoms with Gasteiger partial charge < -0.3 is 14.2 Å². The van der Waals surface area contributed by atoms with E-state index in [4.69, 9.17) is 14.2 Å². The molecule has 0 fully saturated rings. The van der Waals surface area contributed by atoms with Crippen LogP contribution in [-0.4, -0.2) is 37.2 Å². The highest BCUT2D eigenvalue weighted by Crippen LogP contribution is 2.16. The minimum atomic E-state index is -0.774. The molecule has 0 aromatic rings. The van der Waals surface area contributed by atoms with Crippen molar-refractivity contribution in [2.45, 2.75) is 329 Å². The highest BCUT2D eigenvalue weighted by molar-refractivity contribution is 5.71. The molecule has 0 saturated carbocycles. The number of carbonyl (C=O) groups excluding carboxylic acids is 3. The van der Waals surface area contributed by atoms with E-state index in [-0.39, 0.29) is 31.1 Å². The van der Waals surface area contributed by atoms with Gasteiger partial charge in [-0.15, -0.1) is 0 Å². The lowest BCUT2D eigenvalue weighted by Gasteiger charge is -2.18. The summed E-state index contributed by atoms with van der Waals surface area (Å²) in [6.45, 7) is 6.64. The molecular weight excluding hydrogens is 865 g/mol. The maximum Gasteiger partial charge on any atom is 0.306 e. The fraction of sp³-hybridized carbons (Fsp3) is 0.828. The van der Waals surface area contributed by atoms with Crippen molar-refractivity contribution in [2.75, 3.05) is 13.2 Å². The van der Waals surface area contributed by atoms with Gasteiger partial charge in [-0.2, -0.15) is 0 Å². The summed E-state index contributed by atoms with van der Waals surface area (Å²) in [5.41, 5.74) is 0. The van der Waals surface area contributed by atoms with Gasteiger partial charge in [-0.3, -0.25) is 14.4 Å². The van der Waals surface area contributed by atoms with Crippen LogP contribution in [0, 0.1) is 0 Å². The van der Waals surface area contributed by atoms with E-state index in [2.05, 4.69) is 69.4 Å². The van der Waals surface area contributed by atoms with Crippen molar-refractivity contribution in [3.8, 4) is 0 Å². The van der Waals surface area contributed by atoms with Crippen LogP contribution in [0.1, 0.15) is 323 Å². The minimum absolute atomic E-state index is 0.0729. The van der Waals surface area contributed by atoms with E-state index >= 15 is 0 Å². The van der Waals surface area contributed by atoms with Crippen LogP contribution >= 0.6 is 0 Å². The molecule has 1 unspecified atom stereocenters. The van der Waals surface area contributed by atoms with E-state index in [9.17, 15) is 14.4 Å². The van der Waals surface area contributed by atoms with E-state index in [0.29, 0.717) is 19.3 Å². The summed E-state index contributed by atoms with van der Waals surface area (Å²) >= 11 is 0. The Hall–Kier alpha value is -2.63. The smallest absolute Gasteiger partial charge is 0.306 e. The number of hydrogen-bond acceptors (Lipinski definition) is 6. The number of esters is 3. The standard InChI is InChI=1S/C64H116O6/c1-4-7-10-13-16-19-22-24-26-28-29-30-31-32-33-34-35-37-38-40-42-45-48-51-54-57-63(66)69-60-61(59-68-62(65)56-53-50-47-44-21-18-15-12-9-6-3)70-64(67)58-55-52-49-46-43-41-39-36-27-25-23-20-17-14-11-8-5-2/h22,24-25,27-29,31-32,61H,4-21,23,26,30,33-60H2,1-3H3/b24-22-,27-25-,29-28-,32-31-. The van der Waals surface area contributed by atoms with Crippen LogP contribution in [0.3, 0.4) is 0 Å². The Kier molecular flexibility index (Phi) is 56.7. The summed E-state index contributed by atoms with van der Waals surface area (Å²) in [5.74, 6) is -0.867. The lowest BCUT2D eigenvalue weighted by atomic mass is 10.1. The zero-order valence-electron chi connectivity index (χ0n) is 46.8. The average Bonchev–Trinajstić information content (AvgIpc) is 3.36. The van der Waals surface area contributed by atoms with Gasteiger partial charge in [0.15, 0.2) is 6.10 Å². The van der Waals surface area contributed by atoms with Crippen molar-refractivity contribution in [3.05, 3.63) is 48.6 Å². The Labute approximate surface area is 435 Å². The van der Waals surface area contributed by atoms with Gasteiger partial charge in [0, 0.05) is 19.3 Å². The number of ether oxygens (including phenoxy) is 3. The number of hydrogen-bond donors (Lipinski definition) is 0. The zero-order valence-corrected chi connectivity index (χ0v) is 46.8. The molecule has 0 radical (unpaired) electrons. The number of allylic oxidation sites excluding steroid dienone is 8. The van der Waals surface area contributed by atoms with E-state index in [1.165, 1.54) is 212 Å². The van der Waals surface area contributed by atoms with E-state index < -0.39 is 6.10 Å². The Balaban J connectivity index is 4.24. The Bertz CT molecular complexity index is 1220. The van der Waals surface area contributed by atoms with Crippen LogP contribution < -0.4 is 0 Å². The van der Waals surface area contributed by atoms with E-state index in [1.807, 2.05) is 0 Å². The van der Waals surface area contributed by atoms with Crippen LogP contribution in [0.4, 0.5) is 0 Å². The quantitative estimate of drug-likeness (QED) is 0.0261. The molecule has 0 bridgehead atoms. The molecule has 6 heteroatoms. The van der Waals surface area contributed by atoms with E-state index in [0.717, 1.165) is 70.6 Å². The lowest BCUT2D eigenvalue weighted by molar-refractivity contribution is -0.167. The summed E-state index contributed by atoms with van der Waals surface area (Å²) in [7, 11) is 0. The van der Waals surface area contributed by atoms with Crippen molar-refractivity contribution >= 4 is 17.9 Å². The maximum atomic E-state index is 12.9. The summed E-state index contributed by atoms with van der Waals surface area (Å²) in [6.07, 6.45) is 72.6. The van der Waals surface area contributed by atoms with Crippen molar-refractivity contribution in [1.82, 2.24) is 0 Å². The van der Waals surface area contributed by atoms with Crippen LogP contribution in [0.25, 0.3) is 0 Å². The van der Waals surface area contributed by atoms with Gasteiger partial charge in [0.2, 0.25) is 0 Å². The fourth-order valence-corrected chi connectivity index (χ4v) is 8.92. The summed E-state index contributed by atoms with van der Waals surface area (Å²) in [6, 6.07) is 0. The Morgan fingerprint density at radius 1 is 0.286 bits per heavy atom. The predicted molar refractivity (Wildman–Crippen MR) is 302 cm³/mol. The van der Waals surface area contributed by atoms with Crippen molar-refractivity contribution < 1.29 is 28.6 Å². The Morgan fingerprint density at radius 2 is 0.514 bits per heavy atom. The molecular formula is C64H116O6. The molecule has 0 aliphatic heterocycles.